The number of carbonyl (C=O) groups excluding carboxylic acids is 1. The van der Waals surface area contributed by atoms with Gasteiger partial charge in [-0.15, -0.1) is 0 Å². The second-order valence-electron chi connectivity index (χ2n) is 5.48. The van der Waals surface area contributed by atoms with Gasteiger partial charge >= 0.3 is 0 Å². The molecule has 0 aromatic carbocycles. The van der Waals surface area contributed by atoms with Crippen molar-refractivity contribution >= 4 is 5.91 Å². The third kappa shape index (κ3) is 2.98. The number of hydrogen-bond acceptors (Lipinski definition) is 4. The summed E-state index contributed by atoms with van der Waals surface area (Å²) in [5.41, 5.74) is 5.56. The summed E-state index contributed by atoms with van der Waals surface area (Å²) in [4.78, 5) is 14.3. The molecule has 5 nitrogen and oxygen atoms in total. The number of furan rings is 1. The molecule has 1 aliphatic rings. The standard InChI is InChI=1S/C14H23N3O2/c1-17(2)14(7-3-4-8-14)10-16-13(18)12-6-5-11(9-15)19-12/h5-6H,3-4,7-10,15H2,1-2H3,(H,16,18). The smallest absolute Gasteiger partial charge is 0.287 e. The Bertz CT molecular complexity index is 434. The molecule has 1 aliphatic carbocycles. The third-order valence-corrected chi connectivity index (χ3v) is 4.15. The van der Waals surface area contributed by atoms with E-state index in [0.717, 1.165) is 12.8 Å². The molecule has 0 atom stereocenters. The quantitative estimate of drug-likeness (QED) is 0.843. The van der Waals surface area contributed by atoms with Crippen LogP contribution in [0.5, 0.6) is 0 Å². The Morgan fingerprint density at radius 1 is 1.42 bits per heavy atom. The van der Waals surface area contributed by atoms with E-state index in [2.05, 4.69) is 24.3 Å². The van der Waals surface area contributed by atoms with Crippen molar-refractivity contribution in [2.75, 3.05) is 20.6 Å². The van der Waals surface area contributed by atoms with Crippen LogP contribution in [0.15, 0.2) is 16.5 Å². The maximum absolute atomic E-state index is 12.0. The van der Waals surface area contributed by atoms with E-state index in [-0.39, 0.29) is 11.4 Å². The molecule has 1 saturated carbocycles. The highest BCUT2D eigenvalue weighted by molar-refractivity contribution is 5.91. The second kappa shape index (κ2) is 5.75. The molecule has 1 aromatic heterocycles. The molecule has 0 radical (unpaired) electrons. The van der Waals surface area contributed by atoms with Crippen molar-refractivity contribution in [2.24, 2.45) is 5.73 Å². The van der Waals surface area contributed by atoms with Gasteiger partial charge in [-0.25, -0.2) is 0 Å². The maximum atomic E-state index is 12.0. The van der Waals surface area contributed by atoms with E-state index in [1.54, 1.807) is 12.1 Å². The zero-order valence-electron chi connectivity index (χ0n) is 11.7. The Hall–Kier alpha value is -1.33. The molecule has 0 saturated heterocycles. The topological polar surface area (TPSA) is 71.5 Å². The van der Waals surface area contributed by atoms with Gasteiger partial charge in [0.1, 0.15) is 5.76 Å². The van der Waals surface area contributed by atoms with Crippen molar-refractivity contribution in [3.05, 3.63) is 23.7 Å². The largest absolute Gasteiger partial charge is 0.455 e. The predicted octanol–water partition coefficient (Wildman–Crippen LogP) is 1.34. The normalized spacial score (nSPS) is 17.9. The van der Waals surface area contributed by atoms with Crippen molar-refractivity contribution in [3.8, 4) is 0 Å². The number of nitrogens with zero attached hydrogens (tertiary/aromatic N) is 1. The highest BCUT2D eigenvalue weighted by Crippen LogP contribution is 2.33. The first-order valence-corrected chi connectivity index (χ1v) is 6.82. The van der Waals surface area contributed by atoms with Gasteiger partial charge in [-0.05, 0) is 39.1 Å². The van der Waals surface area contributed by atoms with Crippen molar-refractivity contribution in [1.82, 2.24) is 10.2 Å². The van der Waals surface area contributed by atoms with Gasteiger partial charge in [-0.2, -0.15) is 0 Å². The lowest BCUT2D eigenvalue weighted by atomic mass is 9.96. The Balaban J connectivity index is 1.95. The summed E-state index contributed by atoms with van der Waals surface area (Å²) in [5.74, 6) is 0.813. The Labute approximate surface area is 114 Å². The summed E-state index contributed by atoms with van der Waals surface area (Å²) in [5, 5.41) is 2.99. The fourth-order valence-corrected chi connectivity index (χ4v) is 2.76. The van der Waals surface area contributed by atoms with Crippen LogP contribution in [0.25, 0.3) is 0 Å². The van der Waals surface area contributed by atoms with Crippen molar-refractivity contribution in [2.45, 2.75) is 37.8 Å². The van der Waals surface area contributed by atoms with Gasteiger partial charge < -0.3 is 20.4 Å². The maximum Gasteiger partial charge on any atom is 0.287 e. The first kappa shape index (κ1) is 14.1. The lowest BCUT2D eigenvalue weighted by molar-refractivity contribution is 0.0871. The lowest BCUT2D eigenvalue weighted by Gasteiger charge is -2.36. The molecule has 0 spiro atoms. The van der Waals surface area contributed by atoms with Crippen LogP contribution in [0.1, 0.15) is 42.0 Å². The van der Waals surface area contributed by atoms with Gasteiger partial charge in [0, 0.05) is 12.1 Å². The second-order valence-corrected chi connectivity index (χ2v) is 5.48. The third-order valence-electron chi connectivity index (χ3n) is 4.15. The van der Waals surface area contributed by atoms with Gasteiger partial charge in [-0.1, -0.05) is 12.8 Å². The molecule has 5 heteroatoms. The van der Waals surface area contributed by atoms with Gasteiger partial charge in [-0.3, -0.25) is 4.79 Å². The Morgan fingerprint density at radius 3 is 2.63 bits per heavy atom. The molecule has 19 heavy (non-hydrogen) atoms. The van der Waals surface area contributed by atoms with Gasteiger partial charge in [0.15, 0.2) is 5.76 Å². The van der Waals surface area contributed by atoms with Crippen LogP contribution in [0, 0.1) is 0 Å². The molecule has 0 bridgehead atoms. The molecule has 106 valence electrons. The molecular formula is C14H23N3O2. The summed E-state index contributed by atoms with van der Waals surface area (Å²) in [6, 6.07) is 3.42. The minimum absolute atomic E-state index is 0.0962. The summed E-state index contributed by atoms with van der Waals surface area (Å²) in [6.07, 6.45) is 4.72. The first-order valence-electron chi connectivity index (χ1n) is 6.82. The predicted molar refractivity (Wildman–Crippen MR) is 73.8 cm³/mol. The van der Waals surface area contributed by atoms with Crippen LogP contribution in [0.4, 0.5) is 0 Å². The minimum Gasteiger partial charge on any atom is -0.455 e. The summed E-state index contributed by atoms with van der Waals surface area (Å²) in [6.45, 7) is 0.979. The molecule has 3 N–H and O–H groups in total. The van der Waals surface area contributed by atoms with Crippen molar-refractivity contribution in [3.63, 3.8) is 0 Å². The molecule has 1 amide bonds. The Kier molecular flexibility index (Phi) is 4.27. The number of nitrogens with one attached hydrogen (secondary N) is 1. The fraction of sp³-hybridized carbons (Fsp3) is 0.643. The van der Waals surface area contributed by atoms with Gasteiger partial charge in [0.2, 0.25) is 0 Å². The zero-order valence-corrected chi connectivity index (χ0v) is 11.7. The number of amides is 1. The molecule has 1 fully saturated rings. The van der Waals surface area contributed by atoms with Crippen LogP contribution in [0.2, 0.25) is 0 Å². The van der Waals surface area contributed by atoms with Gasteiger partial charge in [0.25, 0.3) is 5.91 Å². The molecule has 1 aromatic rings. The highest BCUT2D eigenvalue weighted by atomic mass is 16.4. The average Bonchev–Trinajstić information content (AvgIpc) is 3.05. The average molecular weight is 265 g/mol. The molecule has 0 unspecified atom stereocenters. The number of carbonyl (C=O) groups is 1. The SMILES string of the molecule is CN(C)C1(CNC(=O)c2ccc(CN)o2)CCCC1. The zero-order chi connectivity index (χ0) is 13.9. The number of likely N-dealkylation sites (N-methyl/N-ethyl adjacent to an activating group) is 1. The monoisotopic (exact) mass is 265 g/mol. The highest BCUT2D eigenvalue weighted by Gasteiger charge is 2.36. The van der Waals surface area contributed by atoms with E-state index >= 15 is 0 Å². The summed E-state index contributed by atoms with van der Waals surface area (Å²) >= 11 is 0. The van der Waals surface area contributed by atoms with E-state index in [1.807, 2.05) is 0 Å². The number of hydrogen-bond donors (Lipinski definition) is 2. The molecular weight excluding hydrogens is 242 g/mol. The van der Waals surface area contributed by atoms with E-state index < -0.39 is 0 Å². The fourth-order valence-electron chi connectivity index (χ4n) is 2.76. The van der Waals surface area contributed by atoms with E-state index in [9.17, 15) is 4.79 Å². The minimum atomic E-state index is -0.159. The van der Waals surface area contributed by atoms with Crippen LogP contribution in [-0.2, 0) is 6.54 Å². The van der Waals surface area contributed by atoms with Gasteiger partial charge in [0.05, 0.1) is 6.54 Å². The lowest BCUT2D eigenvalue weighted by Crippen LogP contribution is -2.50. The molecule has 2 rings (SSSR count). The Morgan fingerprint density at radius 2 is 2.11 bits per heavy atom. The summed E-state index contributed by atoms with van der Waals surface area (Å²) in [7, 11) is 4.16. The van der Waals surface area contributed by atoms with E-state index in [4.69, 9.17) is 10.2 Å². The van der Waals surface area contributed by atoms with Crippen LogP contribution < -0.4 is 11.1 Å². The van der Waals surface area contributed by atoms with Crippen LogP contribution in [0.3, 0.4) is 0 Å². The first-order chi connectivity index (χ1) is 9.07. The van der Waals surface area contributed by atoms with E-state index in [0.29, 0.717) is 24.6 Å². The summed E-state index contributed by atoms with van der Waals surface area (Å²) < 4.78 is 5.35. The van der Waals surface area contributed by atoms with Crippen molar-refractivity contribution < 1.29 is 9.21 Å². The van der Waals surface area contributed by atoms with Crippen molar-refractivity contribution in [1.29, 1.82) is 0 Å². The van der Waals surface area contributed by atoms with Crippen LogP contribution in [-0.4, -0.2) is 37.0 Å². The van der Waals surface area contributed by atoms with E-state index in [1.165, 1.54) is 12.8 Å². The number of nitrogens with two attached hydrogens (primary N) is 1. The molecule has 1 heterocycles. The van der Waals surface area contributed by atoms with Crippen LogP contribution >= 0.6 is 0 Å². The number of rotatable bonds is 5. The molecule has 0 aliphatic heterocycles.